The molecule has 106 valence electrons. The molecule has 0 unspecified atom stereocenters. The van der Waals surface area contributed by atoms with Crippen LogP contribution in [-0.4, -0.2) is 11.2 Å². The normalized spacial score (nSPS) is 13.4. The zero-order chi connectivity index (χ0) is 14.2. The van der Waals surface area contributed by atoms with Gasteiger partial charge in [0.05, 0.1) is 6.61 Å². The van der Waals surface area contributed by atoms with E-state index in [1.54, 1.807) is 0 Å². The third kappa shape index (κ3) is 2.40. The maximum atomic E-state index is 6.03. The van der Waals surface area contributed by atoms with Crippen LogP contribution in [-0.2, 0) is 19.4 Å². The van der Waals surface area contributed by atoms with Crippen molar-refractivity contribution in [2.24, 2.45) is 0 Å². The van der Waals surface area contributed by atoms with E-state index in [9.17, 15) is 0 Å². The standard InChI is InChI=1S/C18H16ClNO/c19-16-2-3-17-14(12-16)6-9-20(17)8-5-13-1-4-18-15(11-13)7-10-21-18/h1-4,6,9,11-12H,5,7-8,10H2. The van der Waals surface area contributed by atoms with Crippen molar-refractivity contribution in [3.8, 4) is 5.75 Å². The minimum atomic E-state index is 0.791. The van der Waals surface area contributed by atoms with Gasteiger partial charge >= 0.3 is 0 Å². The van der Waals surface area contributed by atoms with Crippen molar-refractivity contribution >= 4 is 22.5 Å². The maximum absolute atomic E-state index is 6.03. The second kappa shape index (κ2) is 5.12. The summed E-state index contributed by atoms with van der Waals surface area (Å²) in [7, 11) is 0. The average molecular weight is 298 g/mol. The molecular formula is C18H16ClNO. The average Bonchev–Trinajstić information content (AvgIpc) is 3.10. The molecule has 0 fully saturated rings. The summed E-state index contributed by atoms with van der Waals surface area (Å²) >= 11 is 6.03. The van der Waals surface area contributed by atoms with Gasteiger partial charge in [0.15, 0.2) is 0 Å². The molecule has 0 spiro atoms. The number of aryl methyl sites for hydroxylation is 2. The molecular weight excluding hydrogens is 282 g/mol. The summed E-state index contributed by atoms with van der Waals surface area (Å²) in [5.41, 5.74) is 3.95. The van der Waals surface area contributed by atoms with Crippen LogP contribution in [0.1, 0.15) is 11.1 Å². The summed E-state index contributed by atoms with van der Waals surface area (Å²) in [4.78, 5) is 0. The van der Waals surface area contributed by atoms with Crippen molar-refractivity contribution in [2.45, 2.75) is 19.4 Å². The molecule has 2 nitrogen and oxygen atoms in total. The number of rotatable bonds is 3. The van der Waals surface area contributed by atoms with E-state index >= 15 is 0 Å². The number of hydrogen-bond acceptors (Lipinski definition) is 1. The van der Waals surface area contributed by atoms with Crippen molar-refractivity contribution in [1.82, 2.24) is 4.57 Å². The molecule has 0 saturated heterocycles. The Labute approximate surface area is 128 Å². The lowest BCUT2D eigenvalue weighted by atomic mass is 10.1. The third-order valence-corrected chi connectivity index (χ3v) is 4.36. The van der Waals surface area contributed by atoms with Crippen molar-refractivity contribution in [3.63, 3.8) is 0 Å². The SMILES string of the molecule is Clc1ccc2c(ccn2CCc2ccc3c(c2)CCO3)c1. The topological polar surface area (TPSA) is 14.2 Å². The van der Waals surface area contributed by atoms with Crippen LogP contribution >= 0.6 is 11.6 Å². The Bertz CT molecular complexity index is 806. The highest BCUT2D eigenvalue weighted by Gasteiger charge is 2.12. The number of aromatic nitrogens is 1. The van der Waals surface area contributed by atoms with E-state index in [0.717, 1.165) is 36.8 Å². The Balaban J connectivity index is 1.55. The molecule has 2 heterocycles. The third-order valence-electron chi connectivity index (χ3n) is 4.13. The summed E-state index contributed by atoms with van der Waals surface area (Å²) in [6.07, 6.45) is 4.20. The van der Waals surface area contributed by atoms with E-state index in [0.29, 0.717) is 0 Å². The number of halogens is 1. The van der Waals surface area contributed by atoms with Crippen LogP contribution in [0.25, 0.3) is 10.9 Å². The summed E-state index contributed by atoms with van der Waals surface area (Å²) in [6.45, 7) is 1.80. The molecule has 1 aromatic heterocycles. The van der Waals surface area contributed by atoms with E-state index in [4.69, 9.17) is 16.3 Å². The van der Waals surface area contributed by atoms with E-state index in [2.05, 4.69) is 41.1 Å². The smallest absolute Gasteiger partial charge is 0.122 e. The number of ether oxygens (including phenoxy) is 1. The number of hydrogen-bond donors (Lipinski definition) is 0. The molecule has 1 aliphatic rings. The fraction of sp³-hybridized carbons (Fsp3) is 0.222. The minimum Gasteiger partial charge on any atom is -0.493 e. The quantitative estimate of drug-likeness (QED) is 0.695. The molecule has 1 aliphatic heterocycles. The lowest BCUT2D eigenvalue weighted by Gasteiger charge is -2.07. The molecule has 3 aromatic rings. The number of nitrogens with zero attached hydrogens (tertiary/aromatic N) is 1. The molecule has 0 amide bonds. The van der Waals surface area contributed by atoms with Crippen molar-refractivity contribution in [3.05, 3.63) is 64.8 Å². The van der Waals surface area contributed by atoms with Gasteiger partial charge in [-0.15, -0.1) is 0 Å². The largest absolute Gasteiger partial charge is 0.493 e. The highest BCUT2D eigenvalue weighted by molar-refractivity contribution is 6.31. The van der Waals surface area contributed by atoms with Crippen LogP contribution in [0, 0.1) is 0 Å². The summed E-state index contributed by atoms with van der Waals surface area (Å²) in [6, 6.07) is 14.7. The first-order valence-electron chi connectivity index (χ1n) is 7.28. The van der Waals surface area contributed by atoms with Crippen LogP contribution < -0.4 is 4.74 Å². The predicted molar refractivity (Wildman–Crippen MR) is 86.3 cm³/mol. The molecule has 0 saturated carbocycles. The molecule has 3 heteroatoms. The van der Waals surface area contributed by atoms with Gasteiger partial charge in [-0.25, -0.2) is 0 Å². The van der Waals surface area contributed by atoms with Gasteiger partial charge in [-0.3, -0.25) is 0 Å². The van der Waals surface area contributed by atoms with Gasteiger partial charge < -0.3 is 9.30 Å². The highest BCUT2D eigenvalue weighted by Crippen LogP contribution is 2.26. The lowest BCUT2D eigenvalue weighted by Crippen LogP contribution is -2.00. The monoisotopic (exact) mass is 297 g/mol. The first kappa shape index (κ1) is 12.8. The van der Waals surface area contributed by atoms with Gasteiger partial charge in [0.25, 0.3) is 0 Å². The molecule has 4 rings (SSSR count). The van der Waals surface area contributed by atoms with Crippen molar-refractivity contribution in [2.75, 3.05) is 6.61 Å². The molecule has 21 heavy (non-hydrogen) atoms. The van der Waals surface area contributed by atoms with Gasteiger partial charge in [0, 0.05) is 35.1 Å². The fourth-order valence-corrected chi connectivity index (χ4v) is 3.19. The van der Waals surface area contributed by atoms with E-state index in [1.165, 1.54) is 22.0 Å². The maximum Gasteiger partial charge on any atom is 0.122 e. The zero-order valence-electron chi connectivity index (χ0n) is 11.7. The van der Waals surface area contributed by atoms with Gasteiger partial charge in [0.2, 0.25) is 0 Å². The van der Waals surface area contributed by atoms with Crippen LogP contribution in [0.3, 0.4) is 0 Å². The van der Waals surface area contributed by atoms with Crippen LogP contribution in [0.15, 0.2) is 48.7 Å². The Morgan fingerprint density at radius 1 is 1.10 bits per heavy atom. The number of fused-ring (bicyclic) bond motifs is 2. The molecule has 0 radical (unpaired) electrons. The molecule has 2 aromatic carbocycles. The summed E-state index contributed by atoms with van der Waals surface area (Å²) in [5, 5.41) is 1.99. The van der Waals surface area contributed by atoms with Crippen LogP contribution in [0.4, 0.5) is 0 Å². The Morgan fingerprint density at radius 2 is 2.05 bits per heavy atom. The van der Waals surface area contributed by atoms with Crippen LogP contribution in [0.5, 0.6) is 5.75 Å². The van der Waals surface area contributed by atoms with E-state index in [-0.39, 0.29) is 0 Å². The Morgan fingerprint density at radius 3 is 3.00 bits per heavy atom. The van der Waals surface area contributed by atoms with Gasteiger partial charge in [-0.1, -0.05) is 23.7 Å². The molecule has 0 N–H and O–H groups in total. The second-order valence-electron chi connectivity index (χ2n) is 5.50. The van der Waals surface area contributed by atoms with Gasteiger partial charge in [-0.2, -0.15) is 0 Å². The summed E-state index contributed by atoms with van der Waals surface area (Å²) in [5.74, 6) is 1.06. The predicted octanol–water partition coefficient (Wildman–Crippen LogP) is 4.47. The first-order chi connectivity index (χ1) is 10.3. The highest BCUT2D eigenvalue weighted by atomic mass is 35.5. The fourth-order valence-electron chi connectivity index (χ4n) is 3.01. The summed E-state index contributed by atoms with van der Waals surface area (Å²) < 4.78 is 7.84. The van der Waals surface area contributed by atoms with Gasteiger partial charge in [0.1, 0.15) is 5.75 Å². The molecule has 0 atom stereocenters. The Kier molecular flexibility index (Phi) is 3.12. The van der Waals surface area contributed by atoms with Crippen molar-refractivity contribution in [1.29, 1.82) is 0 Å². The van der Waals surface area contributed by atoms with E-state index in [1.807, 2.05) is 12.1 Å². The Hall–Kier alpha value is -1.93. The number of benzene rings is 2. The van der Waals surface area contributed by atoms with Crippen molar-refractivity contribution < 1.29 is 4.74 Å². The minimum absolute atomic E-state index is 0.791. The van der Waals surface area contributed by atoms with E-state index < -0.39 is 0 Å². The zero-order valence-corrected chi connectivity index (χ0v) is 12.4. The van der Waals surface area contributed by atoms with Crippen LogP contribution in [0.2, 0.25) is 5.02 Å². The lowest BCUT2D eigenvalue weighted by molar-refractivity contribution is 0.357. The molecule has 0 bridgehead atoms. The van der Waals surface area contributed by atoms with Gasteiger partial charge in [-0.05, 0) is 47.9 Å². The first-order valence-corrected chi connectivity index (χ1v) is 7.66. The second-order valence-corrected chi connectivity index (χ2v) is 5.94. The molecule has 0 aliphatic carbocycles.